The lowest BCUT2D eigenvalue weighted by Gasteiger charge is -2.50. The van der Waals surface area contributed by atoms with Gasteiger partial charge in [-0.2, -0.15) is 0 Å². The lowest BCUT2D eigenvalue weighted by atomic mass is 9.86. The number of esters is 1. The summed E-state index contributed by atoms with van der Waals surface area (Å²) in [6.07, 6.45) is -1.72. The van der Waals surface area contributed by atoms with Gasteiger partial charge >= 0.3 is 5.97 Å². The minimum Gasteiger partial charge on any atom is -0.508 e. The van der Waals surface area contributed by atoms with E-state index in [1.165, 1.54) is 12.1 Å². The molecule has 15 heteroatoms. The number of carbonyl (C=O) groups excluding carboxylic acids is 1. The van der Waals surface area contributed by atoms with Crippen LogP contribution in [0.4, 0.5) is 0 Å². The Kier molecular flexibility index (Phi) is 15.2. The maximum atomic E-state index is 13.2. The van der Waals surface area contributed by atoms with Crippen LogP contribution in [0.2, 0.25) is 0 Å². The first-order chi connectivity index (χ1) is 24.8. The largest absolute Gasteiger partial charge is 0.508 e. The molecule has 1 spiro atoms. The molecule has 0 aliphatic carbocycles. The first kappa shape index (κ1) is 41.8. The van der Waals surface area contributed by atoms with E-state index in [0.29, 0.717) is 12.3 Å². The summed E-state index contributed by atoms with van der Waals surface area (Å²) < 4.78 is 28.8. The zero-order valence-corrected chi connectivity index (χ0v) is 29.7. The van der Waals surface area contributed by atoms with Crippen molar-refractivity contribution < 1.29 is 74.4 Å². The van der Waals surface area contributed by atoms with E-state index >= 15 is 0 Å². The first-order valence-electron chi connectivity index (χ1n) is 17.8. The van der Waals surface area contributed by atoms with Gasteiger partial charge in [-0.3, -0.25) is 0 Å². The number of aromatic hydroxyl groups is 2. The van der Waals surface area contributed by atoms with Crippen LogP contribution in [-0.4, -0.2) is 126 Å². The standard InChI is InChI=1S/C37H54O15/c1-4-20(2)11-7-5-8-12-21(3)24(41)13-9-6-10-14-28(43)50-34-33(51-36-32(46)31(45)30(44)26(17-38)49-36)27(18-39)52-37(35(34)47)29-22(19-48-37)15-23(40)16-25(29)42/h6-7,9-11,14-16,20-21,24,26-27,30-36,38-42,44-47H,4-5,8,12-13,17-19H2,1-3H3. The van der Waals surface area contributed by atoms with E-state index in [-0.39, 0.29) is 29.4 Å². The molecule has 3 aliphatic rings. The van der Waals surface area contributed by atoms with Crippen molar-refractivity contribution in [3.05, 3.63) is 59.7 Å². The molecule has 0 saturated carbocycles. The van der Waals surface area contributed by atoms with Gasteiger partial charge in [0.2, 0.25) is 5.79 Å². The lowest BCUT2D eigenvalue weighted by Crippen LogP contribution is -2.67. The van der Waals surface area contributed by atoms with E-state index in [1.807, 2.05) is 6.92 Å². The van der Waals surface area contributed by atoms with Gasteiger partial charge in [0, 0.05) is 12.1 Å². The van der Waals surface area contributed by atoms with Gasteiger partial charge in [-0.25, -0.2) is 4.79 Å². The molecule has 15 nitrogen and oxygen atoms in total. The average Bonchev–Trinajstić information content (AvgIpc) is 3.49. The van der Waals surface area contributed by atoms with E-state index in [4.69, 9.17) is 23.7 Å². The quantitative estimate of drug-likeness (QED) is 0.0376. The zero-order chi connectivity index (χ0) is 38.2. The number of carbonyl (C=O) groups is 1. The van der Waals surface area contributed by atoms with E-state index in [1.54, 1.807) is 12.2 Å². The van der Waals surface area contributed by atoms with Gasteiger partial charge < -0.3 is 69.6 Å². The van der Waals surface area contributed by atoms with E-state index in [0.717, 1.165) is 37.8 Å². The Labute approximate surface area is 303 Å². The topological polar surface area (TPSA) is 245 Å². The number of ether oxygens (including phenoxy) is 5. The highest BCUT2D eigenvalue weighted by Gasteiger charge is 2.62. The van der Waals surface area contributed by atoms with Gasteiger partial charge in [0.05, 0.1) is 31.5 Å². The van der Waals surface area contributed by atoms with Gasteiger partial charge in [0.25, 0.3) is 0 Å². The number of aliphatic hydroxyl groups is 7. The molecular formula is C37H54O15. The summed E-state index contributed by atoms with van der Waals surface area (Å²) in [5.74, 6) is -3.41. The Bertz CT molecular complexity index is 1400. The van der Waals surface area contributed by atoms with E-state index < -0.39 is 91.9 Å². The summed E-state index contributed by atoms with van der Waals surface area (Å²) >= 11 is 0. The molecule has 292 valence electrons. The Morgan fingerprint density at radius 2 is 1.73 bits per heavy atom. The number of rotatable bonds is 16. The van der Waals surface area contributed by atoms with Crippen LogP contribution in [0.5, 0.6) is 11.5 Å². The second-order valence-electron chi connectivity index (χ2n) is 13.8. The molecule has 0 amide bonds. The highest BCUT2D eigenvalue weighted by atomic mass is 16.8. The average molecular weight is 739 g/mol. The maximum absolute atomic E-state index is 13.2. The number of benzene rings is 1. The monoisotopic (exact) mass is 738 g/mol. The smallest absolute Gasteiger partial charge is 0.331 e. The number of unbranched alkanes of at least 4 members (excludes halogenated alkanes) is 1. The van der Waals surface area contributed by atoms with Crippen LogP contribution >= 0.6 is 0 Å². The van der Waals surface area contributed by atoms with Crippen LogP contribution in [0.3, 0.4) is 0 Å². The van der Waals surface area contributed by atoms with Crippen molar-refractivity contribution in [3.63, 3.8) is 0 Å². The molecule has 2 fully saturated rings. The molecule has 13 unspecified atom stereocenters. The highest BCUT2D eigenvalue weighted by molar-refractivity contribution is 5.82. The van der Waals surface area contributed by atoms with Crippen LogP contribution in [0.15, 0.2) is 48.6 Å². The third kappa shape index (κ3) is 9.59. The fraction of sp³-hybridized carbons (Fsp3) is 0.649. The molecule has 9 N–H and O–H groups in total. The third-order valence-electron chi connectivity index (χ3n) is 9.92. The van der Waals surface area contributed by atoms with Crippen molar-refractivity contribution in [2.24, 2.45) is 11.8 Å². The molecule has 0 radical (unpaired) electrons. The zero-order valence-electron chi connectivity index (χ0n) is 29.7. The number of phenols is 2. The van der Waals surface area contributed by atoms with Crippen molar-refractivity contribution in [3.8, 4) is 11.5 Å². The summed E-state index contributed by atoms with van der Waals surface area (Å²) in [7, 11) is 0. The molecular weight excluding hydrogens is 684 g/mol. The summed E-state index contributed by atoms with van der Waals surface area (Å²) in [5.41, 5.74) is 0.156. The Balaban J connectivity index is 1.49. The van der Waals surface area contributed by atoms with Gasteiger partial charge in [-0.1, -0.05) is 57.6 Å². The first-order valence-corrected chi connectivity index (χ1v) is 17.8. The van der Waals surface area contributed by atoms with E-state index in [9.17, 15) is 50.8 Å². The molecule has 3 aliphatic heterocycles. The van der Waals surface area contributed by atoms with Crippen molar-refractivity contribution in [2.45, 2.75) is 126 Å². The lowest BCUT2D eigenvalue weighted by molar-refractivity contribution is -0.395. The molecule has 1 aromatic rings. The SMILES string of the molecule is CCC(C)C=CCCCC(C)C(O)CC=CC=CC(=O)OC1C(OC2OC(CO)C(O)C(O)C2O)C(CO)OC2(OCc3cc(O)cc(O)c32)C1O. The van der Waals surface area contributed by atoms with Crippen LogP contribution in [0.1, 0.15) is 64.0 Å². The van der Waals surface area contributed by atoms with Gasteiger partial charge in [-0.15, -0.1) is 0 Å². The molecule has 52 heavy (non-hydrogen) atoms. The second-order valence-corrected chi connectivity index (χ2v) is 13.8. The normalized spacial score (nSPS) is 33.9. The minimum absolute atomic E-state index is 0.0596. The van der Waals surface area contributed by atoms with Crippen LogP contribution in [0, 0.1) is 11.8 Å². The number of hydrogen-bond donors (Lipinski definition) is 9. The van der Waals surface area contributed by atoms with Crippen LogP contribution in [0.25, 0.3) is 0 Å². The summed E-state index contributed by atoms with van der Waals surface area (Å²) in [6.45, 7) is 4.44. The number of hydrogen-bond acceptors (Lipinski definition) is 15. The third-order valence-corrected chi connectivity index (χ3v) is 9.92. The van der Waals surface area contributed by atoms with Crippen molar-refractivity contribution in [2.75, 3.05) is 13.2 Å². The molecule has 13 atom stereocenters. The van der Waals surface area contributed by atoms with E-state index in [2.05, 4.69) is 26.0 Å². The summed E-state index contributed by atoms with van der Waals surface area (Å²) in [6, 6.07) is 2.28. The molecule has 0 aromatic heterocycles. The number of phenolic OH excluding ortho intramolecular Hbond substituents is 2. The van der Waals surface area contributed by atoms with Crippen molar-refractivity contribution in [1.82, 2.24) is 0 Å². The van der Waals surface area contributed by atoms with Crippen LogP contribution in [-0.2, 0) is 40.9 Å². The number of fused-ring (bicyclic) bond motifs is 2. The Morgan fingerprint density at radius 1 is 1.00 bits per heavy atom. The maximum Gasteiger partial charge on any atom is 0.331 e. The van der Waals surface area contributed by atoms with Crippen molar-refractivity contribution in [1.29, 1.82) is 0 Å². The predicted molar refractivity (Wildman–Crippen MR) is 183 cm³/mol. The summed E-state index contributed by atoms with van der Waals surface area (Å²) in [4.78, 5) is 13.2. The molecule has 0 bridgehead atoms. The molecule has 2 saturated heterocycles. The minimum atomic E-state index is -2.22. The number of allylic oxidation sites excluding steroid dienone is 4. The van der Waals surface area contributed by atoms with Crippen molar-refractivity contribution >= 4 is 5.97 Å². The van der Waals surface area contributed by atoms with Gasteiger partial charge in [0.15, 0.2) is 18.5 Å². The van der Waals surface area contributed by atoms with Crippen LogP contribution < -0.4 is 0 Å². The summed E-state index contributed by atoms with van der Waals surface area (Å²) in [5, 5.41) is 94.3. The molecule has 4 rings (SSSR count). The number of aliphatic hydroxyl groups excluding tert-OH is 7. The Hall–Kier alpha value is -2.93. The van der Waals surface area contributed by atoms with Gasteiger partial charge in [0.1, 0.15) is 48.1 Å². The molecule has 1 aromatic carbocycles. The van der Waals surface area contributed by atoms with Gasteiger partial charge in [-0.05, 0) is 49.1 Å². The second kappa shape index (κ2) is 18.9. The fourth-order valence-electron chi connectivity index (χ4n) is 6.56. The highest BCUT2D eigenvalue weighted by Crippen LogP contribution is 2.51. The Morgan fingerprint density at radius 3 is 2.42 bits per heavy atom. The molecule has 3 heterocycles. The fourth-order valence-corrected chi connectivity index (χ4v) is 6.56. The predicted octanol–water partition coefficient (Wildman–Crippen LogP) is 0.902.